The Kier molecular flexibility index (Phi) is 5.32. The lowest BCUT2D eigenvalue weighted by atomic mass is 10.1. The third kappa shape index (κ3) is 3.80. The molecule has 1 heterocycles. The third-order valence-electron chi connectivity index (χ3n) is 4.78. The highest BCUT2D eigenvalue weighted by Gasteiger charge is 2.39. The van der Waals surface area contributed by atoms with E-state index in [4.69, 9.17) is 11.6 Å². The summed E-state index contributed by atoms with van der Waals surface area (Å²) in [5.41, 5.74) is 1.03. The zero-order chi connectivity index (χ0) is 18.8. The first-order valence-electron chi connectivity index (χ1n) is 8.94. The Morgan fingerprint density at radius 3 is 2.56 bits per heavy atom. The van der Waals surface area contributed by atoms with Crippen LogP contribution in [0.25, 0.3) is 6.08 Å². The number of carbonyl (C=O) groups excluding carboxylic acids is 1. The number of nitrogens with zero attached hydrogens (tertiary/aromatic N) is 2. The van der Waals surface area contributed by atoms with Gasteiger partial charge in [-0.2, -0.15) is 0 Å². The Balaban J connectivity index is 1.74. The molecule has 2 aromatic rings. The molecule has 1 aliphatic heterocycles. The van der Waals surface area contributed by atoms with Crippen LogP contribution in [0.1, 0.15) is 31.2 Å². The van der Waals surface area contributed by atoms with Crippen LogP contribution < -0.4 is 0 Å². The molecule has 6 heteroatoms. The van der Waals surface area contributed by atoms with Gasteiger partial charge in [-0.15, -0.1) is 0 Å². The standard InChI is InChI=1S/C21H18ClFN2OS/c22-17-11-6-12-18(23)16(17)13-19-20(26)25(15-9-4-5-10-15)21(27-19)24-14-7-2-1-3-8-14/h1-3,6-8,11-13,15H,4-5,9-10H2/b19-13+,24-21?. The number of halogens is 2. The maximum Gasteiger partial charge on any atom is 0.267 e. The Morgan fingerprint density at radius 2 is 1.85 bits per heavy atom. The van der Waals surface area contributed by atoms with Crippen molar-refractivity contribution in [1.82, 2.24) is 4.90 Å². The van der Waals surface area contributed by atoms with Crippen molar-refractivity contribution in [3.05, 3.63) is 69.8 Å². The van der Waals surface area contributed by atoms with Crippen LogP contribution in [0, 0.1) is 5.82 Å². The predicted octanol–water partition coefficient (Wildman–Crippen LogP) is 6.03. The Hall–Kier alpha value is -2.11. The Labute approximate surface area is 166 Å². The SMILES string of the molecule is O=C1/C(=C\c2c(F)cccc2Cl)SC(=Nc2ccccc2)N1C1CCCC1. The summed E-state index contributed by atoms with van der Waals surface area (Å²) in [4.78, 5) is 20.0. The smallest absolute Gasteiger partial charge is 0.267 e. The first kappa shape index (κ1) is 18.3. The number of amides is 1. The summed E-state index contributed by atoms with van der Waals surface area (Å²) in [5.74, 6) is -0.565. The van der Waals surface area contributed by atoms with Gasteiger partial charge < -0.3 is 0 Å². The molecule has 27 heavy (non-hydrogen) atoms. The number of hydrogen-bond acceptors (Lipinski definition) is 3. The monoisotopic (exact) mass is 400 g/mol. The second-order valence-electron chi connectivity index (χ2n) is 6.59. The molecule has 0 bridgehead atoms. The summed E-state index contributed by atoms with van der Waals surface area (Å²) in [7, 11) is 0. The number of thioether (sulfide) groups is 1. The Bertz CT molecular complexity index is 903. The van der Waals surface area contributed by atoms with Crippen molar-refractivity contribution in [2.24, 2.45) is 4.99 Å². The van der Waals surface area contributed by atoms with E-state index in [9.17, 15) is 9.18 Å². The van der Waals surface area contributed by atoms with E-state index in [0.717, 1.165) is 31.4 Å². The van der Waals surface area contributed by atoms with Crippen LogP contribution in [-0.2, 0) is 4.79 Å². The second-order valence-corrected chi connectivity index (χ2v) is 8.01. The molecule has 138 valence electrons. The van der Waals surface area contributed by atoms with Gasteiger partial charge in [-0.1, -0.05) is 48.7 Å². The normalized spacial score (nSPS) is 21.0. The minimum Gasteiger partial charge on any atom is -0.283 e. The Morgan fingerprint density at radius 1 is 1.11 bits per heavy atom. The van der Waals surface area contributed by atoms with E-state index in [2.05, 4.69) is 4.99 Å². The average Bonchev–Trinajstić information content (AvgIpc) is 3.28. The summed E-state index contributed by atoms with van der Waals surface area (Å²) in [6.45, 7) is 0. The summed E-state index contributed by atoms with van der Waals surface area (Å²) in [6.07, 6.45) is 5.69. The molecule has 4 rings (SSSR count). The summed E-state index contributed by atoms with van der Waals surface area (Å²) < 4.78 is 14.2. The van der Waals surface area contributed by atoms with Crippen molar-refractivity contribution in [2.45, 2.75) is 31.7 Å². The molecule has 1 saturated carbocycles. The quantitative estimate of drug-likeness (QED) is 0.589. The van der Waals surface area contributed by atoms with Crippen molar-refractivity contribution < 1.29 is 9.18 Å². The first-order valence-corrected chi connectivity index (χ1v) is 10.1. The number of carbonyl (C=O) groups is 1. The molecule has 2 aromatic carbocycles. The molecule has 0 spiro atoms. The van der Waals surface area contributed by atoms with E-state index < -0.39 is 5.82 Å². The molecule has 1 saturated heterocycles. The van der Waals surface area contributed by atoms with Gasteiger partial charge in [0.2, 0.25) is 0 Å². The molecule has 0 aromatic heterocycles. The van der Waals surface area contributed by atoms with Gasteiger partial charge >= 0.3 is 0 Å². The third-order valence-corrected chi connectivity index (χ3v) is 6.10. The number of para-hydroxylation sites is 1. The maximum atomic E-state index is 14.2. The fourth-order valence-corrected chi connectivity index (χ4v) is 4.70. The molecule has 1 amide bonds. The number of benzene rings is 2. The van der Waals surface area contributed by atoms with Crippen LogP contribution in [0.2, 0.25) is 5.02 Å². The predicted molar refractivity (Wildman–Crippen MR) is 110 cm³/mol. The molecule has 0 N–H and O–H groups in total. The molecule has 2 fully saturated rings. The fourth-order valence-electron chi connectivity index (χ4n) is 3.44. The zero-order valence-corrected chi connectivity index (χ0v) is 16.1. The summed E-state index contributed by atoms with van der Waals surface area (Å²) in [5, 5.41) is 0.938. The molecule has 0 radical (unpaired) electrons. The maximum absolute atomic E-state index is 14.2. The van der Waals surface area contributed by atoms with Gasteiger partial charge in [0.05, 0.1) is 15.6 Å². The molecule has 0 unspecified atom stereocenters. The van der Waals surface area contributed by atoms with Gasteiger partial charge in [0.25, 0.3) is 5.91 Å². The summed E-state index contributed by atoms with van der Waals surface area (Å²) in [6, 6.07) is 14.2. The highest BCUT2D eigenvalue weighted by atomic mass is 35.5. The van der Waals surface area contributed by atoms with E-state index in [1.807, 2.05) is 30.3 Å². The second kappa shape index (κ2) is 7.87. The molecule has 1 aliphatic carbocycles. The van der Waals surface area contributed by atoms with Gasteiger partial charge in [-0.25, -0.2) is 9.38 Å². The van der Waals surface area contributed by atoms with Gasteiger partial charge in [-0.3, -0.25) is 9.69 Å². The lowest BCUT2D eigenvalue weighted by Crippen LogP contribution is -2.37. The minimum atomic E-state index is -0.440. The highest BCUT2D eigenvalue weighted by Crippen LogP contribution is 2.39. The van der Waals surface area contributed by atoms with Gasteiger partial charge in [0.15, 0.2) is 5.17 Å². The van der Waals surface area contributed by atoms with E-state index in [-0.39, 0.29) is 22.5 Å². The van der Waals surface area contributed by atoms with Crippen molar-refractivity contribution in [3.8, 4) is 0 Å². The van der Waals surface area contributed by atoms with Crippen molar-refractivity contribution in [2.75, 3.05) is 0 Å². The lowest BCUT2D eigenvalue weighted by molar-refractivity contribution is -0.123. The number of rotatable bonds is 3. The average molecular weight is 401 g/mol. The molecular weight excluding hydrogens is 383 g/mol. The molecular formula is C21H18ClFN2OS. The molecule has 0 atom stereocenters. The number of hydrogen-bond donors (Lipinski definition) is 0. The summed E-state index contributed by atoms with van der Waals surface area (Å²) >= 11 is 7.42. The van der Waals surface area contributed by atoms with E-state index >= 15 is 0 Å². The van der Waals surface area contributed by atoms with Gasteiger partial charge in [0.1, 0.15) is 5.82 Å². The zero-order valence-electron chi connectivity index (χ0n) is 14.6. The van der Waals surface area contributed by atoms with Crippen LogP contribution in [0.15, 0.2) is 58.4 Å². The van der Waals surface area contributed by atoms with Crippen molar-refractivity contribution in [3.63, 3.8) is 0 Å². The van der Waals surface area contributed by atoms with Crippen molar-refractivity contribution in [1.29, 1.82) is 0 Å². The fraction of sp³-hybridized carbons (Fsp3) is 0.238. The van der Waals surface area contributed by atoms with Crippen LogP contribution >= 0.6 is 23.4 Å². The molecule has 2 aliphatic rings. The molecule has 3 nitrogen and oxygen atoms in total. The topological polar surface area (TPSA) is 32.7 Å². The van der Waals surface area contributed by atoms with Gasteiger partial charge in [0, 0.05) is 11.6 Å². The van der Waals surface area contributed by atoms with Crippen LogP contribution in [0.4, 0.5) is 10.1 Å². The number of amidine groups is 1. The van der Waals surface area contributed by atoms with E-state index in [1.54, 1.807) is 23.1 Å². The van der Waals surface area contributed by atoms with E-state index in [1.165, 1.54) is 17.8 Å². The van der Waals surface area contributed by atoms with E-state index in [0.29, 0.717) is 10.1 Å². The van der Waals surface area contributed by atoms with Crippen LogP contribution in [0.3, 0.4) is 0 Å². The first-order chi connectivity index (χ1) is 13.1. The number of aliphatic imine (C=N–C) groups is 1. The lowest BCUT2D eigenvalue weighted by Gasteiger charge is -2.22. The van der Waals surface area contributed by atoms with Gasteiger partial charge in [-0.05, 0) is 54.9 Å². The van der Waals surface area contributed by atoms with Crippen LogP contribution in [0.5, 0.6) is 0 Å². The highest BCUT2D eigenvalue weighted by molar-refractivity contribution is 8.18. The minimum absolute atomic E-state index is 0.124. The van der Waals surface area contributed by atoms with Crippen LogP contribution in [-0.4, -0.2) is 22.0 Å². The van der Waals surface area contributed by atoms with Crippen molar-refractivity contribution >= 4 is 46.2 Å². The largest absolute Gasteiger partial charge is 0.283 e.